The third-order valence-electron chi connectivity index (χ3n) is 4.01. The molecular weight excluding hydrogens is 228 g/mol. The molecule has 0 spiro atoms. The van der Waals surface area contributed by atoms with Gasteiger partial charge >= 0.3 is 0 Å². The number of nitrogens with zero attached hydrogens (tertiary/aromatic N) is 3. The summed E-state index contributed by atoms with van der Waals surface area (Å²) in [6.45, 7) is 4.47. The fraction of sp³-hybridized carbons (Fsp3) is 0.846. The Labute approximate surface area is 108 Å². The van der Waals surface area contributed by atoms with E-state index in [-0.39, 0.29) is 0 Å². The number of nitrogens with one attached hydrogen (secondary N) is 1. The van der Waals surface area contributed by atoms with E-state index < -0.39 is 0 Å². The number of aryl methyl sites for hydroxylation is 1. The van der Waals surface area contributed by atoms with Crippen LogP contribution < -0.4 is 10.2 Å². The fourth-order valence-corrected chi connectivity index (χ4v) is 2.89. The van der Waals surface area contributed by atoms with Crippen LogP contribution in [0.1, 0.15) is 38.0 Å². The second-order valence-corrected chi connectivity index (χ2v) is 5.43. The number of rotatable bonds is 4. The van der Waals surface area contributed by atoms with Gasteiger partial charge in [0.15, 0.2) is 0 Å². The Morgan fingerprint density at radius 1 is 1.28 bits per heavy atom. The van der Waals surface area contributed by atoms with Crippen molar-refractivity contribution < 1.29 is 4.52 Å². The van der Waals surface area contributed by atoms with Gasteiger partial charge in [0.25, 0.3) is 5.95 Å². The van der Waals surface area contributed by atoms with Gasteiger partial charge in [-0.3, -0.25) is 0 Å². The van der Waals surface area contributed by atoms with Crippen molar-refractivity contribution in [2.24, 2.45) is 5.92 Å². The first kappa shape index (κ1) is 12.0. The summed E-state index contributed by atoms with van der Waals surface area (Å²) in [5.41, 5.74) is 0. The summed E-state index contributed by atoms with van der Waals surface area (Å²) in [6, 6.07) is 0. The lowest BCUT2D eigenvalue weighted by Gasteiger charge is -2.21. The molecular formula is C13H22N4O. The van der Waals surface area contributed by atoms with Crippen LogP contribution in [-0.4, -0.2) is 36.3 Å². The van der Waals surface area contributed by atoms with E-state index in [4.69, 9.17) is 4.52 Å². The molecule has 2 fully saturated rings. The van der Waals surface area contributed by atoms with Gasteiger partial charge in [-0.1, -0.05) is 0 Å². The van der Waals surface area contributed by atoms with Gasteiger partial charge in [-0.25, -0.2) is 0 Å². The van der Waals surface area contributed by atoms with Crippen molar-refractivity contribution in [3.8, 4) is 0 Å². The maximum atomic E-state index is 5.34. The van der Waals surface area contributed by atoms with Crippen molar-refractivity contribution in [2.45, 2.75) is 38.5 Å². The molecule has 0 aromatic carbocycles. The highest BCUT2D eigenvalue weighted by atomic mass is 16.5. The predicted octanol–water partition coefficient (Wildman–Crippen LogP) is 1.60. The van der Waals surface area contributed by atoms with Gasteiger partial charge in [0.05, 0.1) is 0 Å². The number of aromatic nitrogens is 2. The lowest BCUT2D eigenvalue weighted by molar-refractivity contribution is 0.327. The molecule has 0 bridgehead atoms. The van der Waals surface area contributed by atoms with E-state index in [1.54, 1.807) is 0 Å². The highest BCUT2D eigenvalue weighted by molar-refractivity contribution is 5.28. The molecule has 1 N–H and O–H groups in total. The third-order valence-corrected chi connectivity index (χ3v) is 4.01. The summed E-state index contributed by atoms with van der Waals surface area (Å²) >= 11 is 0. The molecule has 0 radical (unpaired) electrons. The largest absolute Gasteiger partial charge is 0.338 e. The maximum absolute atomic E-state index is 5.34. The van der Waals surface area contributed by atoms with Gasteiger partial charge in [-0.15, -0.1) is 0 Å². The van der Waals surface area contributed by atoms with Crippen LogP contribution in [0.25, 0.3) is 0 Å². The van der Waals surface area contributed by atoms with Gasteiger partial charge in [0.1, 0.15) is 0 Å². The molecule has 2 aliphatic rings. The molecule has 2 saturated heterocycles. The average Bonchev–Trinajstić information content (AvgIpc) is 3.08. The molecule has 100 valence electrons. The Bertz CT molecular complexity index is 367. The molecule has 5 nitrogen and oxygen atoms in total. The topological polar surface area (TPSA) is 54.2 Å². The highest BCUT2D eigenvalue weighted by Crippen LogP contribution is 2.19. The number of anilines is 1. The smallest absolute Gasteiger partial charge is 0.266 e. The minimum atomic E-state index is 0.779. The summed E-state index contributed by atoms with van der Waals surface area (Å²) in [7, 11) is 0. The van der Waals surface area contributed by atoms with E-state index in [1.165, 1.54) is 32.2 Å². The normalized spacial score (nSPS) is 24.7. The van der Waals surface area contributed by atoms with Gasteiger partial charge in [0.2, 0.25) is 5.89 Å². The highest BCUT2D eigenvalue weighted by Gasteiger charge is 2.19. The minimum absolute atomic E-state index is 0.779. The monoisotopic (exact) mass is 250 g/mol. The van der Waals surface area contributed by atoms with Gasteiger partial charge in [-0.2, -0.15) is 4.98 Å². The van der Waals surface area contributed by atoms with E-state index in [0.29, 0.717) is 0 Å². The molecule has 2 aliphatic heterocycles. The van der Waals surface area contributed by atoms with Crippen LogP contribution in [0.2, 0.25) is 0 Å². The molecule has 0 saturated carbocycles. The molecule has 0 aliphatic carbocycles. The molecule has 5 heteroatoms. The fourth-order valence-electron chi connectivity index (χ4n) is 2.89. The Balaban J connectivity index is 1.50. The summed E-state index contributed by atoms with van der Waals surface area (Å²) in [4.78, 5) is 6.72. The lowest BCUT2D eigenvalue weighted by atomic mass is 9.95. The first-order valence-electron chi connectivity index (χ1n) is 7.20. The molecule has 3 heterocycles. The zero-order valence-electron chi connectivity index (χ0n) is 10.9. The molecule has 1 unspecified atom stereocenters. The predicted molar refractivity (Wildman–Crippen MR) is 69.7 cm³/mol. The average molecular weight is 250 g/mol. The van der Waals surface area contributed by atoms with Gasteiger partial charge in [-0.05, 0) is 56.3 Å². The first-order chi connectivity index (χ1) is 8.92. The zero-order valence-corrected chi connectivity index (χ0v) is 10.9. The Kier molecular flexibility index (Phi) is 3.78. The molecule has 1 atom stereocenters. The summed E-state index contributed by atoms with van der Waals surface area (Å²) < 4.78 is 5.34. The summed E-state index contributed by atoms with van der Waals surface area (Å²) in [5.74, 6) is 2.38. The molecule has 1 aromatic heterocycles. The SMILES string of the molecule is C1CNCC(CCc2nc(N3CCCC3)no2)C1. The van der Waals surface area contributed by atoms with E-state index in [9.17, 15) is 0 Å². The zero-order chi connectivity index (χ0) is 12.2. The lowest BCUT2D eigenvalue weighted by Crippen LogP contribution is -2.29. The van der Waals surface area contributed by atoms with Crippen molar-refractivity contribution in [3.05, 3.63) is 5.89 Å². The van der Waals surface area contributed by atoms with E-state index in [2.05, 4.69) is 20.4 Å². The third kappa shape index (κ3) is 2.83. The van der Waals surface area contributed by atoms with E-state index >= 15 is 0 Å². The van der Waals surface area contributed by atoms with Crippen molar-refractivity contribution in [3.63, 3.8) is 0 Å². The van der Waals surface area contributed by atoms with Gasteiger partial charge < -0.3 is 14.7 Å². The van der Waals surface area contributed by atoms with Crippen LogP contribution in [0.4, 0.5) is 5.95 Å². The quantitative estimate of drug-likeness (QED) is 0.879. The first-order valence-corrected chi connectivity index (χ1v) is 7.20. The number of hydrogen-bond donors (Lipinski definition) is 1. The van der Waals surface area contributed by atoms with Crippen molar-refractivity contribution in [1.29, 1.82) is 0 Å². The van der Waals surface area contributed by atoms with E-state index in [1.807, 2.05) is 0 Å². The van der Waals surface area contributed by atoms with E-state index in [0.717, 1.165) is 50.2 Å². The van der Waals surface area contributed by atoms with Crippen LogP contribution in [0, 0.1) is 5.92 Å². The van der Waals surface area contributed by atoms with Crippen molar-refractivity contribution >= 4 is 5.95 Å². The van der Waals surface area contributed by atoms with Gasteiger partial charge in [0, 0.05) is 19.5 Å². The van der Waals surface area contributed by atoms with Crippen molar-refractivity contribution in [1.82, 2.24) is 15.5 Å². The molecule has 18 heavy (non-hydrogen) atoms. The molecule has 1 aromatic rings. The Hall–Kier alpha value is -1.10. The number of piperidine rings is 1. The Morgan fingerprint density at radius 2 is 2.17 bits per heavy atom. The van der Waals surface area contributed by atoms with Crippen LogP contribution >= 0.6 is 0 Å². The Morgan fingerprint density at radius 3 is 2.94 bits per heavy atom. The molecule has 0 amide bonds. The number of hydrogen-bond acceptors (Lipinski definition) is 5. The van der Waals surface area contributed by atoms with Crippen molar-refractivity contribution in [2.75, 3.05) is 31.1 Å². The molecule has 3 rings (SSSR count). The van der Waals surface area contributed by atoms with Crippen LogP contribution in [0.5, 0.6) is 0 Å². The van der Waals surface area contributed by atoms with Crippen LogP contribution in [-0.2, 0) is 6.42 Å². The van der Waals surface area contributed by atoms with Crippen LogP contribution in [0.3, 0.4) is 0 Å². The summed E-state index contributed by atoms with van der Waals surface area (Å²) in [6.07, 6.45) is 7.21. The van der Waals surface area contributed by atoms with Crippen LogP contribution in [0.15, 0.2) is 4.52 Å². The summed E-state index contributed by atoms with van der Waals surface area (Å²) in [5, 5.41) is 7.53. The second-order valence-electron chi connectivity index (χ2n) is 5.43. The minimum Gasteiger partial charge on any atom is -0.338 e. The maximum Gasteiger partial charge on any atom is 0.266 e. The standard InChI is InChI=1S/C13H22N4O/c1-2-9-17(8-1)13-15-12(18-16-13)6-5-11-4-3-7-14-10-11/h11,14H,1-10H2. The second kappa shape index (κ2) is 5.69.